The van der Waals surface area contributed by atoms with E-state index in [0.717, 1.165) is 9.21 Å². The van der Waals surface area contributed by atoms with Crippen LogP contribution >= 0.6 is 35.3 Å². The standard InChI is InChI=1S/C16H25ClN2O2S.ClH/c1-5-19(10-11-7-8-13(17)22-11)14(20)16(18)9-12(21-6-2)15(16,3)4;/h7-8,12H,5-6,9-10,18H2,1-4H3;1H. The van der Waals surface area contributed by atoms with Crippen LogP contribution in [0, 0.1) is 5.41 Å². The second-order valence-corrected chi connectivity index (χ2v) is 8.17. The fraction of sp³-hybridized carbons (Fsp3) is 0.688. The fourth-order valence-electron chi connectivity index (χ4n) is 3.03. The molecular formula is C16H26Cl2N2O2S. The quantitative estimate of drug-likeness (QED) is 0.818. The molecule has 0 saturated heterocycles. The molecule has 132 valence electrons. The minimum absolute atomic E-state index is 0. The lowest BCUT2D eigenvalue weighted by atomic mass is 9.54. The molecule has 1 heterocycles. The van der Waals surface area contributed by atoms with Crippen LogP contribution in [-0.2, 0) is 16.1 Å². The first-order chi connectivity index (χ1) is 10.3. The smallest absolute Gasteiger partial charge is 0.243 e. The number of ether oxygens (including phenoxy) is 1. The van der Waals surface area contributed by atoms with Gasteiger partial charge < -0.3 is 15.4 Å². The zero-order chi connectivity index (χ0) is 16.5. The highest BCUT2D eigenvalue weighted by Gasteiger charge is 2.63. The van der Waals surface area contributed by atoms with Crippen LogP contribution in [0.15, 0.2) is 12.1 Å². The van der Waals surface area contributed by atoms with E-state index >= 15 is 0 Å². The Kier molecular flexibility index (Phi) is 6.94. The third-order valence-electron chi connectivity index (χ3n) is 4.86. The summed E-state index contributed by atoms with van der Waals surface area (Å²) in [6.45, 7) is 9.80. The minimum atomic E-state index is -0.857. The third-order valence-corrected chi connectivity index (χ3v) is 6.07. The van der Waals surface area contributed by atoms with Crippen molar-refractivity contribution >= 4 is 41.3 Å². The third kappa shape index (κ3) is 3.69. The van der Waals surface area contributed by atoms with Crippen molar-refractivity contribution in [3.63, 3.8) is 0 Å². The van der Waals surface area contributed by atoms with Gasteiger partial charge in [0, 0.05) is 29.9 Å². The van der Waals surface area contributed by atoms with Crippen LogP contribution in [0.3, 0.4) is 0 Å². The van der Waals surface area contributed by atoms with Gasteiger partial charge in [0.05, 0.1) is 17.0 Å². The Labute approximate surface area is 153 Å². The summed E-state index contributed by atoms with van der Waals surface area (Å²) in [4.78, 5) is 15.9. The van der Waals surface area contributed by atoms with Gasteiger partial charge in [-0.3, -0.25) is 4.79 Å². The number of nitrogens with zero attached hydrogens (tertiary/aromatic N) is 1. The van der Waals surface area contributed by atoms with Crippen molar-refractivity contribution < 1.29 is 9.53 Å². The Bertz CT molecular complexity index is 550. The zero-order valence-electron chi connectivity index (χ0n) is 14.1. The average Bonchev–Trinajstić information content (AvgIpc) is 2.88. The van der Waals surface area contributed by atoms with Gasteiger partial charge in [-0.1, -0.05) is 25.4 Å². The Morgan fingerprint density at radius 1 is 1.48 bits per heavy atom. The molecule has 1 aromatic heterocycles. The number of amides is 1. The van der Waals surface area contributed by atoms with Gasteiger partial charge in [0.15, 0.2) is 0 Å². The van der Waals surface area contributed by atoms with Crippen LogP contribution in [0.2, 0.25) is 4.34 Å². The van der Waals surface area contributed by atoms with E-state index < -0.39 is 5.54 Å². The van der Waals surface area contributed by atoms with Gasteiger partial charge in [-0.2, -0.15) is 0 Å². The number of rotatable bonds is 6. The first kappa shape index (κ1) is 20.7. The predicted octanol–water partition coefficient (Wildman–Crippen LogP) is 3.70. The Balaban J connectivity index is 0.00000264. The second-order valence-electron chi connectivity index (χ2n) is 6.37. The average molecular weight is 381 g/mol. The van der Waals surface area contributed by atoms with E-state index in [4.69, 9.17) is 22.1 Å². The molecule has 1 saturated carbocycles. The summed E-state index contributed by atoms with van der Waals surface area (Å²) < 4.78 is 6.44. The molecule has 0 aliphatic heterocycles. The zero-order valence-corrected chi connectivity index (χ0v) is 16.5. The molecule has 2 rings (SSSR count). The number of likely N-dealkylation sites (N-methyl/N-ethyl adjacent to an activating group) is 1. The lowest BCUT2D eigenvalue weighted by Gasteiger charge is -2.58. The summed E-state index contributed by atoms with van der Waals surface area (Å²) in [5, 5.41) is 0. The van der Waals surface area contributed by atoms with Crippen molar-refractivity contribution in [1.82, 2.24) is 4.90 Å². The van der Waals surface area contributed by atoms with Crippen LogP contribution in [-0.4, -0.2) is 35.6 Å². The molecule has 1 aliphatic carbocycles. The summed E-state index contributed by atoms with van der Waals surface area (Å²) in [5.41, 5.74) is 5.27. The van der Waals surface area contributed by atoms with Gasteiger partial charge in [-0.25, -0.2) is 0 Å². The molecular weight excluding hydrogens is 355 g/mol. The number of hydrogen-bond acceptors (Lipinski definition) is 4. The number of carbonyl (C=O) groups excluding carboxylic acids is 1. The van der Waals surface area contributed by atoms with Gasteiger partial charge in [0.2, 0.25) is 5.91 Å². The molecule has 0 radical (unpaired) electrons. The van der Waals surface area contributed by atoms with E-state index in [1.54, 1.807) is 0 Å². The summed E-state index contributed by atoms with van der Waals surface area (Å²) >= 11 is 7.47. The van der Waals surface area contributed by atoms with E-state index in [9.17, 15) is 4.79 Å². The van der Waals surface area contributed by atoms with Gasteiger partial charge in [0.25, 0.3) is 0 Å². The Hall–Kier alpha value is -0.330. The lowest BCUT2D eigenvalue weighted by molar-refractivity contribution is -0.179. The van der Waals surface area contributed by atoms with Crippen molar-refractivity contribution in [2.24, 2.45) is 11.1 Å². The maximum Gasteiger partial charge on any atom is 0.243 e. The first-order valence-electron chi connectivity index (χ1n) is 7.70. The minimum Gasteiger partial charge on any atom is -0.378 e. The molecule has 2 atom stereocenters. The SMILES string of the molecule is CCOC1CC(N)(C(=O)N(CC)Cc2ccc(Cl)s2)C1(C)C.Cl. The summed E-state index contributed by atoms with van der Waals surface area (Å²) in [6, 6.07) is 3.82. The van der Waals surface area contributed by atoms with Gasteiger partial charge in [-0.15, -0.1) is 23.7 Å². The summed E-state index contributed by atoms with van der Waals surface area (Å²) in [6.07, 6.45) is 0.621. The molecule has 0 spiro atoms. The molecule has 0 bridgehead atoms. The van der Waals surface area contributed by atoms with Gasteiger partial charge in [0.1, 0.15) is 5.54 Å². The lowest BCUT2D eigenvalue weighted by Crippen LogP contribution is -2.76. The van der Waals surface area contributed by atoms with E-state index in [2.05, 4.69) is 0 Å². The maximum absolute atomic E-state index is 13.0. The molecule has 1 aliphatic rings. The molecule has 2 N–H and O–H groups in total. The van der Waals surface area contributed by atoms with Crippen LogP contribution < -0.4 is 5.73 Å². The molecule has 4 nitrogen and oxygen atoms in total. The Morgan fingerprint density at radius 3 is 2.57 bits per heavy atom. The van der Waals surface area contributed by atoms with Crippen LogP contribution in [0.1, 0.15) is 39.0 Å². The highest BCUT2D eigenvalue weighted by atomic mass is 35.5. The van der Waals surface area contributed by atoms with Crippen molar-refractivity contribution in [3.05, 3.63) is 21.3 Å². The Morgan fingerprint density at radius 2 is 2.13 bits per heavy atom. The number of halogens is 2. The molecule has 0 aromatic carbocycles. The fourth-order valence-corrected chi connectivity index (χ4v) is 4.14. The molecule has 7 heteroatoms. The van der Waals surface area contributed by atoms with Crippen molar-refractivity contribution in [2.45, 2.75) is 52.3 Å². The topological polar surface area (TPSA) is 55.6 Å². The van der Waals surface area contributed by atoms with E-state index in [1.165, 1.54) is 11.3 Å². The van der Waals surface area contributed by atoms with Crippen LogP contribution in [0.25, 0.3) is 0 Å². The number of carbonyl (C=O) groups is 1. The predicted molar refractivity (Wildman–Crippen MR) is 98.4 cm³/mol. The monoisotopic (exact) mass is 380 g/mol. The highest BCUT2D eigenvalue weighted by molar-refractivity contribution is 7.16. The summed E-state index contributed by atoms with van der Waals surface area (Å²) in [7, 11) is 0. The molecule has 2 unspecified atom stereocenters. The van der Waals surface area contributed by atoms with Crippen molar-refractivity contribution in [2.75, 3.05) is 13.2 Å². The number of hydrogen-bond donors (Lipinski definition) is 1. The van der Waals surface area contributed by atoms with E-state index in [-0.39, 0.29) is 29.8 Å². The molecule has 1 amide bonds. The normalized spacial score (nSPS) is 25.4. The number of nitrogens with two attached hydrogens (primary N) is 1. The molecule has 1 fully saturated rings. The van der Waals surface area contributed by atoms with E-state index in [1.807, 2.05) is 44.7 Å². The highest BCUT2D eigenvalue weighted by Crippen LogP contribution is 2.50. The largest absolute Gasteiger partial charge is 0.378 e. The number of thiophene rings is 1. The van der Waals surface area contributed by atoms with Gasteiger partial charge >= 0.3 is 0 Å². The second kappa shape index (κ2) is 7.70. The maximum atomic E-state index is 13.0. The van der Waals surface area contributed by atoms with Gasteiger partial charge in [-0.05, 0) is 26.0 Å². The molecule has 1 aromatic rings. The summed E-state index contributed by atoms with van der Waals surface area (Å²) in [5.74, 6) is 0.000440. The molecule has 23 heavy (non-hydrogen) atoms. The van der Waals surface area contributed by atoms with Crippen molar-refractivity contribution in [3.8, 4) is 0 Å². The first-order valence-corrected chi connectivity index (χ1v) is 8.89. The van der Waals surface area contributed by atoms with Crippen LogP contribution in [0.5, 0.6) is 0 Å². The van der Waals surface area contributed by atoms with Crippen molar-refractivity contribution in [1.29, 1.82) is 0 Å². The van der Waals surface area contributed by atoms with Crippen LogP contribution in [0.4, 0.5) is 0 Å². The van der Waals surface area contributed by atoms with E-state index in [0.29, 0.717) is 26.1 Å².